The quantitative estimate of drug-likeness (QED) is 0.618. The van der Waals surface area contributed by atoms with E-state index in [2.05, 4.69) is 6.58 Å². The number of sulfonamides is 1. The van der Waals surface area contributed by atoms with Gasteiger partial charge in [0.15, 0.2) is 0 Å². The van der Waals surface area contributed by atoms with Crippen molar-refractivity contribution in [2.75, 3.05) is 19.3 Å². The Labute approximate surface area is 81.5 Å². The van der Waals surface area contributed by atoms with E-state index in [-0.39, 0.29) is 0 Å². The number of allylic oxidation sites excluding steroid dienone is 1. The van der Waals surface area contributed by atoms with E-state index in [1.807, 2.05) is 13.8 Å². The summed E-state index contributed by atoms with van der Waals surface area (Å²) in [5.74, 6) is 0. The molecule has 78 valence electrons. The van der Waals surface area contributed by atoms with Gasteiger partial charge < -0.3 is 0 Å². The molecule has 0 fully saturated rings. The second-order valence-electron chi connectivity index (χ2n) is 3.32. The summed E-state index contributed by atoms with van der Waals surface area (Å²) in [6.45, 7) is 8.73. The minimum absolute atomic E-state index is 0.551. The van der Waals surface area contributed by atoms with E-state index in [1.165, 1.54) is 10.6 Å². The van der Waals surface area contributed by atoms with Crippen LogP contribution >= 0.6 is 0 Å². The summed E-state index contributed by atoms with van der Waals surface area (Å²) in [6, 6.07) is 0. The fourth-order valence-electron chi connectivity index (χ4n) is 1.12. The zero-order valence-electron chi connectivity index (χ0n) is 8.71. The van der Waals surface area contributed by atoms with Crippen LogP contribution in [-0.4, -0.2) is 32.1 Å². The van der Waals surface area contributed by atoms with E-state index in [0.29, 0.717) is 13.1 Å². The molecule has 0 aliphatic rings. The van der Waals surface area contributed by atoms with Gasteiger partial charge in [-0.05, 0) is 19.8 Å². The first-order valence-corrected chi connectivity index (χ1v) is 6.32. The van der Waals surface area contributed by atoms with Gasteiger partial charge in [-0.1, -0.05) is 12.5 Å². The maximum atomic E-state index is 11.1. The summed E-state index contributed by atoms with van der Waals surface area (Å²) in [7, 11) is -3.01. The highest BCUT2D eigenvalue weighted by Crippen LogP contribution is 2.04. The van der Waals surface area contributed by atoms with Gasteiger partial charge in [0.25, 0.3) is 0 Å². The van der Waals surface area contributed by atoms with Gasteiger partial charge in [-0.25, -0.2) is 12.7 Å². The number of hydrogen-bond donors (Lipinski definition) is 0. The monoisotopic (exact) mass is 205 g/mol. The second kappa shape index (κ2) is 5.40. The van der Waals surface area contributed by atoms with E-state index >= 15 is 0 Å². The van der Waals surface area contributed by atoms with Gasteiger partial charge >= 0.3 is 0 Å². The Kier molecular flexibility index (Phi) is 5.25. The zero-order valence-corrected chi connectivity index (χ0v) is 9.52. The van der Waals surface area contributed by atoms with Gasteiger partial charge in [-0.3, -0.25) is 0 Å². The van der Waals surface area contributed by atoms with Gasteiger partial charge in [0.05, 0.1) is 6.26 Å². The molecule has 0 amide bonds. The highest BCUT2D eigenvalue weighted by atomic mass is 32.2. The van der Waals surface area contributed by atoms with Crippen molar-refractivity contribution in [1.29, 1.82) is 0 Å². The van der Waals surface area contributed by atoms with Crippen molar-refractivity contribution in [3.05, 3.63) is 12.2 Å². The molecule has 0 saturated heterocycles. The topological polar surface area (TPSA) is 37.4 Å². The number of nitrogens with zero attached hydrogens (tertiary/aromatic N) is 1. The third kappa shape index (κ3) is 5.82. The van der Waals surface area contributed by atoms with E-state index in [9.17, 15) is 8.42 Å². The molecule has 13 heavy (non-hydrogen) atoms. The smallest absolute Gasteiger partial charge is 0.211 e. The molecule has 0 heterocycles. The van der Waals surface area contributed by atoms with Crippen molar-refractivity contribution in [2.24, 2.45) is 0 Å². The van der Waals surface area contributed by atoms with E-state index in [4.69, 9.17) is 0 Å². The zero-order chi connectivity index (χ0) is 10.5. The first kappa shape index (κ1) is 12.7. The maximum Gasteiger partial charge on any atom is 0.211 e. The fraction of sp³-hybridized carbons (Fsp3) is 0.778. The van der Waals surface area contributed by atoms with Crippen molar-refractivity contribution >= 4 is 10.0 Å². The van der Waals surface area contributed by atoms with Crippen LogP contribution in [0.15, 0.2) is 12.2 Å². The third-order valence-corrected chi connectivity index (χ3v) is 3.21. The van der Waals surface area contributed by atoms with Gasteiger partial charge in [-0.15, -0.1) is 6.58 Å². The third-order valence-electron chi connectivity index (χ3n) is 1.83. The van der Waals surface area contributed by atoms with Crippen molar-refractivity contribution in [3.8, 4) is 0 Å². The van der Waals surface area contributed by atoms with Gasteiger partial charge in [0, 0.05) is 13.1 Å². The highest BCUT2D eigenvalue weighted by Gasteiger charge is 2.12. The maximum absolute atomic E-state index is 11.1. The Balaban J connectivity index is 3.95. The number of rotatable bonds is 6. The van der Waals surface area contributed by atoms with Crippen LogP contribution in [0.5, 0.6) is 0 Å². The largest absolute Gasteiger partial charge is 0.213 e. The molecule has 0 aliphatic carbocycles. The summed E-state index contributed by atoms with van der Waals surface area (Å²) in [6.07, 6.45) is 3.00. The van der Waals surface area contributed by atoms with Crippen molar-refractivity contribution in [2.45, 2.75) is 26.7 Å². The van der Waals surface area contributed by atoms with Gasteiger partial charge in [0.1, 0.15) is 0 Å². The average molecular weight is 205 g/mol. The lowest BCUT2D eigenvalue weighted by Gasteiger charge is -2.17. The van der Waals surface area contributed by atoms with Crippen LogP contribution in [0.4, 0.5) is 0 Å². The molecule has 0 saturated carbocycles. The summed E-state index contributed by atoms with van der Waals surface area (Å²) in [4.78, 5) is 0. The van der Waals surface area contributed by atoms with Crippen molar-refractivity contribution < 1.29 is 8.42 Å². The molecule has 0 aliphatic heterocycles. The summed E-state index contributed by atoms with van der Waals surface area (Å²) in [5.41, 5.74) is 1.10. The Morgan fingerprint density at radius 3 is 2.31 bits per heavy atom. The predicted molar refractivity (Wildman–Crippen MR) is 56.1 cm³/mol. The van der Waals surface area contributed by atoms with Gasteiger partial charge in [-0.2, -0.15) is 0 Å². The first-order valence-electron chi connectivity index (χ1n) is 4.47. The lowest BCUT2D eigenvalue weighted by atomic mass is 10.2. The Morgan fingerprint density at radius 2 is 2.00 bits per heavy atom. The molecule has 0 N–H and O–H groups in total. The molecule has 0 spiro atoms. The number of hydrogen-bond acceptors (Lipinski definition) is 2. The summed E-state index contributed by atoms with van der Waals surface area (Å²) >= 11 is 0. The predicted octanol–water partition coefficient (Wildman–Crippen LogP) is 1.62. The molecule has 0 bridgehead atoms. The van der Waals surface area contributed by atoms with Crippen LogP contribution < -0.4 is 0 Å². The van der Waals surface area contributed by atoms with E-state index in [1.54, 1.807) is 0 Å². The highest BCUT2D eigenvalue weighted by molar-refractivity contribution is 7.88. The van der Waals surface area contributed by atoms with Crippen LogP contribution in [0.3, 0.4) is 0 Å². The lowest BCUT2D eigenvalue weighted by Crippen LogP contribution is -2.30. The normalized spacial score (nSPS) is 12.0. The van der Waals surface area contributed by atoms with Crippen molar-refractivity contribution in [3.63, 3.8) is 0 Å². The molecule has 0 rings (SSSR count). The fourth-order valence-corrected chi connectivity index (χ4v) is 2.05. The molecular weight excluding hydrogens is 186 g/mol. The summed E-state index contributed by atoms with van der Waals surface area (Å²) in [5, 5.41) is 0. The van der Waals surface area contributed by atoms with E-state index in [0.717, 1.165) is 18.4 Å². The van der Waals surface area contributed by atoms with Crippen LogP contribution in [0.2, 0.25) is 0 Å². The molecule has 0 atom stereocenters. The van der Waals surface area contributed by atoms with Crippen LogP contribution in [0, 0.1) is 0 Å². The Morgan fingerprint density at radius 1 is 1.46 bits per heavy atom. The van der Waals surface area contributed by atoms with Crippen LogP contribution in [-0.2, 0) is 10.0 Å². The molecule has 4 heteroatoms. The lowest BCUT2D eigenvalue weighted by molar-refractivity contribution is 0.424. The van der Waals surface area contributed by atoms with E-state index < -0.39 is 10.0 Å². The SMILES string of the molecule is C=C(C)CCCN(CC)S(C)(=O)=O. The first-order chi connectivity index (χ1) is 5.88. The minimum atomic E-state index is -3.01. The van der Waals surface area contributed by atoms with Gasteiger partial charge in [0.2, 0.25) is 10.0 Å². The van der Waals surface area contributed by atoms with Crippen LogP contribution in [0.25, 0.3) is 0 Å². The van der Waals surface area contributed by atoms with Crippen molar-refractivity contribution in [1.82, 2.24) is 4.31 Å². The van der Waals surface area contributed by atoms with Crippen LogP contribution in [0.1, 0.15) is 26.7 Å². The standard InChI is InChI=1S/C9H19NO2S/c1-5-10(13(4,11)12)8-6-7-9(2)3/h2,5-8H2,1,3-4H3. The molecule has 3 nitrogen and oxygen atoms in total. The molecule has 0 aromatic rings. The molecular formula is C9H19NO2S. The Hall–Kier alpha value is -0.350. The summed E-state index contributed by atoms with van der Waals surface area (Å²) < 4.78 is 23.8. The minimum Gasteiger partial charge on any atom is -0.213 e. The molecule has 0 unspecified atom stereocenters. The molecule has 0 radical (unpaired) electrons. The molecule has 0 aromatic carbocycles. The Bertz CT molecular complexity index is 257. The average Bonchev–Trinajstić information content (AvgIpc) is 1.95. The molecule has 0 aromatic heterocycles. The second-order valence-corrected chi connectivity index (χ2v) is 5.30.